The van der Waals surface area contributed by atoms with Crippen LogP contribution < -0.4 is 5.32 Å². The molecule has 0 atom stereocenters. The summed E-state index contributed by atoms with van der Waals surface area (Å²) in [5, 5.41) is 22.1. The Labute approximate surface area is 167 Å². The molecule has 0 aliphatic carbocycles. The van der Waals surface area contributed by atoms with Crippen LogP contribution in [0.25, 0.3) is 0 Å². The van der Waals surface area contributed by atoms with E-state index in [2.05, 4.69) is 31.4 Å². The molecule has 0 fully saturated rings. The number of rotatable bonds is 7. The maximum Gasteiger partial charge on any atom is 0.404 e. The minimum Gasteiger partial charge on any atom is -0.358 e. The first kappa shape index (κ1) is 19.1. The van der Waals surface area contributed by atoms with Crippen LogP contribution in [0, 0.1) is 10.1 Å². The van der Waals surface area contributed by atoms with E-state index < -0.39 is 4.92 Å². The maximum atomic E-state index is 12.2. The fraction of sp³-hybridized carbons (Fsp3) is 0.188. The number of hydrogen-bond donors (Lipinski definition) is 1. The number of anilines is 1. The number of hydrogen-bond acceptors (Lipinski definition) is 5. The number of nitrogens with one attached hydrogen (secondary N) is 1. The molecule has 1 N–H and O–H groups in total. The molecule has 1 aromatic carbocycles. The van der Waals surface area contributed by atoms with E-state index in [1.807, 2.05) is 18.2 Å². The summed E-state index contributed by atoms with van der Waals surface area (Å²) < 4.78 is 3.34. The molecule has 0 spiro atoms. The molecule has 0 bridgehead atoms. The Hall–Kier alpha value is -2.72. The van der Waals surface area contributed by atoms with Gasteiger partial charge in [0.15, 0.2) is 0 Å². The first-order chi connectivity index (χ1) is 12.9. The lowest BCUT2D eigenvalue weighted by atomic mass is 10.2. The molecule has 0 aliphatic heterocycles. The van der Waals surface area contributed by atoms with E-state index >= 15 is 0 Å². The molecule has 3 rings (SSSR count). The lowest BCUT2D eigenvalue weighted by Gasteiger charge is -2.07. The Kier molecular flexibility index (Phi) is 5.87. The second-order valence-electron chi connectivity index (χ2n) is 5.68. The largest absolute Gasteiger partial charge is 0.404 e. The van der Waals surface area contributed by atoms with Crippen LogP contribution in [0.4, 0.5) is 11.5 Å². The Balaban J connectivity index is 1.57. The van der Waals surface area contributed by atoms with Crippen molar-refractivity contribution in [2.45, 2.75) is 19.5 Å². The van der Waals surface area contributed by atoms with Crippen LogP contribution in [0.1, 0.15) is 12.0 Å². The highest BCUT2D eigenvalue weighted by Crippen LogP contribution is 2.22. The maximum absolute atomic E-state index is 12.2. The highest BCUT2D eigenvalue weighted by molar-refractivity contribution is 9.10. The van der Waals surface area contributed by atoms with Gasteiger partial charge in [-0.15, -0.1) is 0 Å². The first-order valence-electron chi connectivity index (χ1n) is 7.85. The lowest BCUT2D eigenvalue weighted by molar-refractivity contribution is -0.390. The van der Waals surface area contributed by atoms with Gasteiger partial charge in [0.2, 0.25) is 5.91 Å². The highest BCUT2D eigenvalue weighted by atomic mass is 79.9. The van der Waals surface area contributed by atoms with E-state index in [-0.39, 0.29) is 29.2 Å². The molecule has 0 radical (unpaired) electrons. The zero-order chi connectivity index (χ0) is 19.4. The molecular weight excluding hydrogens is 440 g/mol. The standard InChI is InChI=1S/C16H14BrClN6O3/c17-14-10-22(21-16(14)24(26)27)5-4-15(25)20-13-3-1-2-11(6-13)8-23-9-12(18)7-19-23/h1-3,6-7,9-10H,4-5,8H2,(H,20,25). The van der Waals surface area contributed by atoms with Crippen LogP contribution in [0.3, 0.4) is 0 Å². The smallest absolute Gasteiger partial charge is 0.358 e. The number of aryl methyl sites for hydroxylation is 1. The number of halogens is 2. The van der Waals surface area contributed by atoms with Crippen LogP contribution in [0.2, 0.25) is 5.02 Å². The third kappa shape index (κ3) is 5.14. The average molecular weight is 454 g/mol. The second-order valence-corrected chi connectivity index (χ2v) is 6.97. The zero-order valence-corrected chi connectivity index (χ0v) is 16.2. The molecule has 9 nitrogen and oxygen atoms in total. The van der Waals surface area contributed by atoms with Crippen LogP contribution >= 0.6 is 27.5 Å². The predicted molar refractivity (Wildman–Crippen MR) is 103 cm³/mol. The number of amides is 1. The van der Waals surface area contributed by atoms with Gasteiger partial charge in [0, 0.05) is 18.3 Å². The molecule has 11 heteroatoms. The van der Waals surface area contributed by atoms with Gasteiger partial charge in [-0.05, 0) is 38.5 Å². The van der Waals surface area contributed by atoms with Crippen molar-refractivity contribution in [3.05, 3.63) is 68.0 Å². The molecule has 27 heavy (non-hydrogen) atoms. The normalized spacial score (nSPS) is 10.7. The molecule has 0 saturated carbocycles. The van der Waals surface area contributed by atoms with Crippen LogP contribution in [0.5, 0.6) is 0 Å². The Morgan fingerprint density at radius 1 is 1.33 bits per heavy atom. The summed E-state index contributed by atoms with van der Waals surface area (Å²) >= 11 is 8.93. The van der Waals surface area contributed by atoms with Gasteiger partial charge in [-0.25, -0.2) is 0 Å². The highest BCUT2D eigenvalue weighted by Gasteiger charge is 2.18. The Bertz CT molecular complexity index is 986. The van der Waals surface area contributed by atoms with Crippen LogP contribution in [-0.4, -0.2) is 30.4 Å². The fourth-order valence-electron chi connectivity index (χ4n) is 2.42. The van der Waals surface area contributed by atoms with Gasteiger partial charge in [-0.1, -0.05) is 23.7 Å². The number of carbonyl (C=O) groups is 1. The third-order valence-corrected chi connectivity index (χ3v) is 4.35. The minimum atomic E-state index is -0.584. The van der Waals surface area contributed by atoms with E-state index in [0.717, 1.165) is 5.56 Å². The van der Waals surface area contributed by atoms with Gasteiger partial charge in [-0.3, -0.25) is 9.48 Å². The van der Waals surface area contributed by atoms with Crippen molar-refractivity contribution >= 4 is 44.9 Å². The lowest BCUT2D eigenvalue weighted by Crippen LogP contribution is -2.15. The Morgan fingerprint density at radius 3 is 2.81 bits per heavy atom. The van der Waals surface area contributed by atoms with Gasteiger partial charge in [0.05, 0.1) is 35.6 Å². The number of benzene rings is 1. The molecule has 1 amide bonds. The van der Waals surface area contributed by atoms with Gasteiger partial charge in [-0.2, -0.15) is 9.78 Å². The quantitative estimate of drug-likeness (QED) is 0.435. The van der Waals surface area contributed by atoms with E-state index in [9.17, 15) is 14.9 Å². The van der Waals surface area contributed by atoms with Gasteiger partial charge in [0.25, 0.3) is 0 Å². The summed E-state index contributed by atoms with van der Waals surface area (Å²) in [5.74, 6) is -0.495. The summed E-state index contributed by atoms with van der Waals surface area (Å²) in [4.78, 5) is 22.4. The molecule has 3 aromatic rings. The molecule has 2 aromatic heterocycles. The van der Waals surface area contributed by atoms with E-state index in [0.29, 0.717) is 17.3 Å². The first-order valence-corrected chi connectivity index (χ1v) is 9.02. The van der Waals surface area contributed by atoms with Crippen molar-refractivity contribution in [1.29, 1.82) is 0 Å². The molecular formula is C16H14BrClN6O3. The van der Waals surface area contributed by atoms with Crippen molar-refractivity contribution in [2.75, 3.05) is 5.32 Å². The van der Waals surface area contributed by atoms with Crippen molar-refractivity contribution < 1.29 is 9.72 Å². The summed E-state index contributed by atoms with van der Waals surface area (Å²) in [5.41, 5.74) is 1.61. The SMILES string of the molecule is O=C(CCn1cc(Br)c([N+](=O)[O-])n1)Nc1cccc(Cn2cc(Cl)cn2)c1. The van der Waals surface area contributed by atoms with Crippen LogP contribution in [0.15, 0.2) is 47.3 Å². The van der Waals surface area contributed by atoms with Crippen molar-refractivity contribution in [3.63, 3.8) is 0 Å². The summed E-state index contributed by atoms with van der Waals surface area (Å²) in [6, 6.07) is 7.39. The van der Waals surface area contributed by atoms with Crippen molar-refractivity contribution in [2.24, 2.45) is 0 Å². The van der Waals surface area contributed by atoms with Gasteiger partial charge >= 0.3 is 5.82 Å². The number of carbonyl (C=O) groups excluding carboxylic acids is 1. The summed E-state index contributed by atoms with van der Waals surface area (Å²) in [6.07, 6.45) is 4.88. The average Bonchev–Trinajstić information content (AvgIpc) is 3.19. The van der Waals surface area contributed by atoms with E-state index in [1.54, 1.807) is 23.1 Å². The van der Waals surface area contributed by atoms with Gasteiger partial charge < -0.3 is 15.4 Å². The van der Waals surface area contributed by atoms with Crippen LogP contribution in [-0.2, 0) is 17.9 Å². The monoisotopic (exact) mass is 452 g/mol. The zero-order valence-electron chi connectivity index (χ0n) is 13.9. The third-order valence-electron chi connectivity index (χ3n) is 3.60. The van der Waals surface area contributed by atoms with Crippen molar-refractivity contribution in [1.82, 2.24) is 19.6 Å². The number of nitro groups is 1. The molecule has 0 saturated heterocycles. The summed E-state index contributed by atoms with van der Waals surface area (Å²) in [7, 11) is 0. The summed E-state index contributed by atoms with van der Waals surface area (Å²) in [6.45, 7) is 0.755. The molecule has 0 unspecified atom stereocenters. The van der Waals surface area contributed by atoms with Crippen molar-refractivity contribution in [3.8, 4) is 0 Å². The number of nitrogens with zero attached hydrogens (tertiary/aromatic N) is 5. The van der Waals surface area contributed by atoms with Gasteiger partial charge in [0.1, 0.15) is 4.47 Å². The fourth-order valence-corrected chi connectivity index (χ4v) is 3.04. The molecule has 2 heterocycles. The molecule has 140 valence electrons. The molecule has 0 aliphatic rings. The second kappa shape index (κ2) is 8.31. The topological polar surface area (TPSA) is 108 Å². The Morgan fingerprint density at radius 2 is 2.15 bits per heavy atom. The minimum absolute atomic E-state index is 0.129. The number of aromatic nitrogens is 4. The van der Waals surface area contributed by atoms with E-state index in [1.165, 1.54) is 10.9 Å². The predicted octanol–water partition coefficient (Wildman–Crippen LogP) is 3.48. The van der Waals surface area contributed by atoms with E-state index in [4.69, 9.17) is 11.6 Å².